The number of fused-ring (bicyclic) bond motifs is 1. The van der Waals surface area contributed by atoms with Crippen LogP contribution in [-0.4, -0.2) is 26.2 Å². The lowest BCUT2D eigenvalue weighted by Gasteiger charge is -2.07. The molecular formula is C9H10N4O3. The molecule has 0 spiro atoms. The maximum Gasteiger partial charge on any atom is 0.271 e. The highest BCUT2D eigenvalue weighted by Gasteiger charge is 2.12. The molecule has 0 saturated carbocycles. The fourth-order valence-electron chi connectivity index (χ4n) is 1.28. The van der Waals surface area contributed by atoms with Crippen molar-refractivity contribution in [3.63, 3.8) is 0 Å². The van der Waals surface area contributed by atoms with Gasteiger partial charge in [0.2, 0.25) is 0 Å². The van der Waals surface area contributed by atoms with Crippen molar-refractivity contribution in [3.8, 4) is 0 Å². The van der Waals surface area contributed by atoms with Gasteiger partial charge in [0.15, 0.2) is 0 Å². The van der Waals surface area contributed by atoms with Gasteiger partial charge in [-0.15, -0.1) is 5.10 Å². The first-order valence-corrected chi connectivity index (χ1v) is 4.75. The van der Waals surface area contributed by atoms with Gasteiger partial charge in [0.05, 0.1) is 4.92 Å². The quantitative estimate of drug-likeness (QED) is 0.575. The maximum atomic E-state index is 10.6. The van der Waals surface area contributed by atoms with Gasteiger partial charge in [-0.1, -0.05) is 4.85 Å². The molecule has 0 amide bonds. The van der Waals surface area contributed by atoms with Crippen molar-refractivity contribution in [1.82, 2.24) is 15.2 Å². The molecule has 0 radical (unpaired) electrons. The molecule has 0 atom stereocenters. The Bertz CT molecular complexity index is 535. The number of rotatable bonds is 3. The van der Waals surface area contributed by atoms with E-state index in [2.05, 4.69) is 10.3 Å². The van der Waals surface area contributed by atoms with Crippen LogP contribution in [0.5, 0.6) is 0 Å². The molecule has 0 bridgehead atoms. The zero-order chi connectivity index (χ0) is 11.7. The van der Waals surface area contributed by atoms with E-state index in [4.69, 9.17) is 4.84 Å². The maximum absolute atomic E-state index is 10.6. The summed E-state index contributed by atoms with van der Waals surface area (Å²) in [7, 11) is 0. The van der Waals surface area contributed by atoms with Crippen LogP contribution in [-0.2, 0) is 0 Å². The Kier molecular flexibility index (Phi) is 2.43. The standard InChI is InChI=1S/C9H10N4O3/c1-6(2)16-12-9-5-7(13(14)15)3-4-8(9)10-11-12/h3-6H,1-2H3. The lowest BCUT2D eigenvalue weighted by atomic mass is 10.3. The Balaban J connectivity index is 2.51. The SMILES string of the molecule is CC(C)On1nnc2ccc([N+](=O)[O-])cc21. The van der Waals surface area contributed by atoms with E-state index >= 15 is 0 Å². The number of nitro benzene ring substituents is 1. The van der Waals surface area contributed by atoms with Crippen molar-refractivity contribution < 1.29 is 9.76 Å². The van der Waals surface area contributed by atoms with Crippen molar-refractivity contribution in [3.05, 3.63) is 28.3 Å². The van der Waals surface area contributed by atoms with Crippen molar-refractivity contribution >= 4 is 16.7 Å². The van der Waals surface area contributed by atoms with Gasteiger partial charge in [0.1, 0.15) is 17.1 Å². The first-order chi connectivity index (χ1) is 7.58. The molecule has 0 saturated heterocycles. The number of benzene rings is 1. The third-order valence-corrected chi connectivity index (χ3v) is 1.92. The summed E-state index contributed by atoms with van der Waals surface area (Å²) in [5.41, 5.74) is 1.04. The molecule has 1 aromatic carbocycles. The Morgan fingerprint density at radius 1 is 1.50 bits per heavy atom. The molecule has 0 fully saturated rings. The number of nitrogens with zero attached hydrogens (tertiary/aromatic N) is 4. The van der Waals surface area contributed by atoms with Gasteiger partial charge in [-0.2, -0.15) is 0 Å². The largest absolute Gasteiger partial charge is 0.392 e. The van der Waals surface area contributed by atoms with E-state index in [-0.39, 0.29) is 11.8 Å². The normalized spacial score (nSPS) is 10.9. The van der Waals surface area contributed by atoms with Crippen LogP contribution in [0.1, 0.15) is 13.8 Å². The molecule has 84 valence electrons. The number of nitro groups is 1. The molecule has 0 aliphatic carbocycles. The van der Waals surface area contributed by atoms with Crippen LogP contribution in [0.4, 0.5) is 5.69 Å². The minimum absolute atomic E-state index is 0.0107. The molecule has 7 nitrogen and oxygen atoms in total. The van der Waals surface area contributed by atoms with Gasteiger partial charge >= 0.3 is 0 Å². The van der Waals surface area contributed by atoms with Crippen LogP contribution < -0.4 is 4.84 Å². The van der Waals surface area contributed by atoms with E-state index in [1.54, 1.807) is 6.07 Å². The van der Waals surface area contributed by atoms with Gasteiger partial charge in [-0.05, 0) is 25.1 Å². The van der Waals surface area contributed by atoms with Crippen LogP contribution in [0.15, 0.2) is 18.2 Å². The van der Waals surface area contributed by atoms with E-state index < -0.39 is 4.92 Å². The fraction of sp³-hybridized carbons (Fsp3) is 0.333. The monoisotopic (exact) mass is 222 g/mol. The zero-order valence-corrected chi connectivity index (χ0v) is 8.82. The number of non-ortho nitro benzene ring substituents is 1. The molecule has 2 aromatic rings. The van der Waals surface area contributed by atoms with Crippen LogP contribution in [0, 0.1) is 10.1 Å². The third kappa shape index (κ3) is 1.79. The average Bonchev–Trinajstić information content (AvgIpc) is 2.60. The first-order valence-electron chi connectivity index (χ1n) is 4.75. The molecule has 16 heavy (non-hydrogen) atoms. The van der Waals surface area contributed by atoms with E-state index in [1.165, 1.54) is 17.0 Å². The Morgan fingerprint density at radius 2 is 2.25 bits per heavy atom. The Labute approximate surface area is 90.7 Å². The molecule has 0 aliphatic heterocycles. The van der Waals surface area contributed by atoms with Gasteiger partial charge in [-0.25, -0.2) is 0 Å². The number of aromatic nitrogens is 3. The van der Waals surface area contributed by atoms with E-state index in [1.807, 2.05) is 13.8 Å². The van der Waals surface area contributed by atoms with Gasteiger partial charge in [0.25, 0.3) is 5.69 Å². The van der Waals surface area contributed by atoms with Crippen LogP contribution >= 0.6 is 0 Å². The lowest BCUT2D eigenvalue weighted by Crippen LogP contribution is -2.20. The highest BCUT2D eigenvalue weighted by atomic mass is 16.7. The van der Waals surface area contributed by atoms with Crippen molar-refractivity contribution in [2.75, 3.05) is 0 Å². The summed E-state index contributed by atoms with van der Waals surface area (Å²) < 4.78 is 0. The first kappa shape index (κ1) is 10.3. The second-order valence-corrected chi connectivity index (χ2v) is 3.55. The predicted molar refractivity (Wildman–Crippen MR) is 55.9 cm³/mol. The lowest BCUT2D eigenvalue weighted by molar-refractivity contribution is -0.384. The van der Waals surface area contributed by atoms with Crippen LogP contribution in [0.25, 0.3) is 11.0 Å². The predicted octanol–water partition coefficient (Wildman–Crippen LogP) is 1.18. The van der Waals surface area contributed by atoms with E-state index in [0.29, 0.717) is 11.0 Å². The summed E-state index contributed by atoms with van der Waals surface area (Å²) >= 11 is 0. The summed E-state index contributed by atoms with van der Waals surface area (Å²) in [5.74, 6) is 0. The molecule has 2 rings (SSSR count). The molecule has 1 aromatic heterocycles. The minimum Gasteiger partial charge on any atom is -0.392 e. The second-order valence-electron chi connectivity index (χ2n) is 3.55. The fourth-order valence-corrected chi connectivity index (χ4v) is 1.28. The van der Waals surface area contributed by atoms with Gasteiger partial charge in [0, 0.05) is 12.1 Å². The highest BCUT2D eigenvalue weighted by Crippen LogP contribution is 2.18. The van der Waals surface area contributed by atoms with Crippen molar-refractivity contribution in [2.24, 2.45) is 0 Å². The van der Waals surface area contributed by atoms with Gasteiger partial charge < -0.3 is 4.84 Å². The minimum atomic E-state index is -0.466. The third-order valence-electron chi connectivity index (χ3n) is 1.92. The summed E-state index contributed by atoms with van der Waals surface area (Å²) in [4.78, 5) is 16.7. The van der Waals surface area contributed by atoms with Crippen molar-refractivity contribution in [1.29, 1.82) is 0 Å². The van der Waals surface area contributed by atoms with Gasteiger partial charge in [-0.3, -0.25) is 10.1 Å². The second kappa shape index (κ2) is 3.76. The summed E-state index contributed by atoms with van der Waals surface area (Å²) in [5, 5.41) is 18.2. The zero-order valence-electron chi connectivity index (χ0n) is 8.82. The summed E-state index contributed by atoms with van der Waals surface area (Å²) in [6, 6.07) is 4.31. The molecule has 0 aliphatic rings. The summed E-state index contributed by atoms with van der Waals surface area (Å²) in [6.45, 7) is 3.68. The molecule has 1 heterocycles. The number of hydrogen-bond acceptors (Lipinski definition) is 5. The molecule has 7 heteroatoms. The highest BCUT2D eigenvalue weighted by molar-refractivity contribution is 5.76. The van der Waals surface area contributed by atoms with Crippen LogP contribution in [0.2, 0.25) is 0 Å². The molecule has 0 N–H and O–H groups in total. The Hall–Kier alpha value is -2.18. The smallest absolute Gasteiger partial charge is 0.271 e. The Morgan fingerprint density at radius 3 is 2.88 bits per heavy atom. The van der Waals surface area contributed by atoms with Crippen molar-refractivity contribution in [2.45, 2.75) is 20.0 Å². The van der Waals surface area contributed by atoms with E-state index in [9.17, 15) is 10.1 Å². The van der Waals surface area contributed by atoms with Crippen LogP contribution in [0.3, 0.4) is 0 Å². The average molecular weight is 222 g/mol. The molecule has 0 unspecified atom stereocenters. The topological polar surface area (TPSA) is 83.1 Å². The summed E-state index contributed by atoms with van der Waals surface area (Å²) in [6.07, 6.45) is -0.0795. The van der Waals surface area contributed by atoms with E-state index in [0.717, 1.165) is 0 Å². The number of hydrogen-bond donors (Lipinski definition) is 0. The molecular weight excluding hydrogens is 212 g/mol.